The van der Waals surface area contributed by atoms with E-state index in [1.54, 1.807) is 0 Å². The molecule has 348 valence electrons. The minimum Gasteiger partial charge on any atom is -0.462 e. The van der Waals surface area contributed by atoms with Gasteiger partial charge in [-0.15, -0.1) is 0 Å². The first-order chi connectivity index (χ1) is 29.0. The molecule has 0 spiro atoms. The molecule has 0 bridgehead atoms. The quantitative estimate of drug-likeness (QED) is 0.0263. The first-order valence-electron chi connectivity index (χ1n) is 26.2. The van der Waals surface area contributed by atoms with E-state index in [1.165, 1.54) is 193 Å². The van der Waals surface area contributed by atoms with Gasteiger partial charge in [0.1, 0.15) is 13.2 Å². The predicted octanol–water partition coefficient (Wildman–Crippen LogP) is 17.0. The normalized spacial score (nSPS) is 12.0. The lowest BCUT2D eigenvalue weighted by atomic mass is 10.0. The number of allylic oxidation sites excluding steroid dienone is 2. The second kappa shape index (κ2) is 48.8. The fourth-order valence-corrected chi connectivity index (χ4v) is 7.79. The first kappa shape index (κ1) is 57.1. The van der Waals surface area contributed by atoms with Crippen molar-refractivity contribution >= 4 is 17.9 Å². The Hall–Kier alpha value is -1.85. The van der Waals surface area contributed by atoms with Crippen LogP contribution in [0, 0.1) is 0 Å². The average Bonchev–Trinajstić information content (AvgIpc) is 3.23. The highest BCUT2D eigenvalue weighted by molar-refractivity contribution is 5.71. The van der Waals surface area contributed by atoms with Crippen LogP contribution < -0.4 is 0 Å². The lowest BCUT2D eigenvalue weighted by Gasteiger charge is -2.18. The van der Waals surface area contributed by atoms with Gasteiger partial charge in [-0.3, -0.25) is 14.4 Å². The lowest BCUT2D eigenvalue weighted by molar-refractivity contribution is -0.167. The Kier molecular flexibility index (Phi) is 47.3. The topological polar surface area (TPSA) is 78.9 Å². The maximum atomic E-state index is 12.8. The molecule has 0 amide bonds. The molecule has 0 aliphatic rings. The molecule has 6 nitrogen and oxygen atoms in total. The van der Waals surface area contributed by atoms with Crippen LogP contribution in [0.15, 0.2) is 12.2 Å². The third-order valence-corrected chi connectivity index (χ3v) is 11.8. The number of carbonyl (C=O) groups excluding carboxylic acids is 3. The molecular weight excluding hydrogens is 733 g/mol. The van der Waals surface area contributed by atoms with Crippen LogP contribution in [0.4, 0.5) is 0 Å². The molecule has 0 rings (SSSR count). The van der Waals surface area contributed by atoms with Crippen LogP contribution >= 0.6 is 0 Å². The lowest BCUT2D eigenvalue weighted by Crippen LogP contribution is -2.30. The van der Waals surface area contributed by atoms with Crippen molar-refractivity contribution in [1.82, 2.24) is 0 Å². The monoisotopic (exact) mass is 833 g/mol. The summed E-state index contributed by atoms with van der Waals surface area (Å²) in [5.41, 5.74) is 0. The fourth-order valence-electron chi connectivity index (χ4n) is 7.79. The summed E-state index contributed by atoms with van der Waals surface area (Å²) in [6.07, 6.45) is 53.3. The van der Waals surface area contributed by atoms with Crippen LogP contribution in [-0.4, -0.2) is 37.2 Å². The molecule has 0 fully saturated rings. The number of ether oxygens (including phenoxy) is 3. The van der Waals surface area contributed by atoms with Crippen molar-refractivity contribution in [1.29, 1.82) is 0 Å². The molecule has 0 aromatic carbocycles. The largest absolute Gasteiger partial charge is 0.462 e. The number of carbonyl (C=O) groups is 3. The second-order valence-electron chi connectivity index (χ2n) is 17.8. The third-order valence-electron chi connectivity index (χ3n) is 11.8. The summed E-state index contributed by atoms with van der Waals surface area (Å²) in [6, 6.07) is 0. The van der Waals surface area contributed by atoms with Crippen molar-refractivity contribution in [3.63, 3.8) is 0 Å². The Bertz CT molecular complexity index is 916. The van der Waals surface area contributed by atoms with Crippen LogP contribution in [-0.2, 0) is 28.6 Å². The summed E-state index contributed by atoms with van der Waals surface area (Å²) in [4.78, 5) is 37.9. The van der Waals surface area contributed by atoms with Gasteiger partial charge in [0.15, 0.2) is 6.10 Å². The summed E-state index contributed by atoms with van der Waals surface area (Å²) in [7, 11) is 0. The summed E-state index contributed by atoms with van der Waals surface area (Å²) in [5.74, 6) is -0.855. The van der Waals surface area contributed by atoms with E-state index >= 15 is 0 Å². The molecule has 0 aliphatic carbocycles. The van der Waals surface area contributed by atoms with E-state index in [1.807, 2.05) is 0 Å². The Morgan fingerprint density at radius 2 is 0.559 bits per heavy atom. The maximum absolute atomic E-state index is 12.8. The molecule has 0 heterocycles. The van der Waals surface area contributed by atoms with Gasteiger partial charge in [-0.1, -0.05) is 238 Å². The number of unbranched alkanes of at least 4 members (excludes halogenated alkanes) is 35. The summed E-state index contributed by atoms with van der Waals surface area (Å²) < 4.78 is 16.8. The average molecular weight is 833 g/mol. The Morgan fingerprint density at radius 3 is 0.847 bits per heavy atom. The maximum Gasteiger partial charge on any atom is 0.306 e. The van der Waals surface area contributed by atoms with Gasteiger partial charge in [-0.25, -0.2) is 0 Å². The van der Waals surface area contributed by atoms with Gasteiger partial charge >= 0.3 is 17.9 Å². The number of hydrogen-bond donors (Lipinski definition) is 0. The van der Waals surface area contributed by atoms with E-state index in [9.17, 15) is 14.4 Å². The van der Waals surface area contributed by atoms with Crippen molar-refractivity contribution < 1.29 is 28.6 Å². The summed E-state index contributed by atoms with van der Waals surface area (Å²) >= 11 is 0. The zero-order chi connectivity index (χ0) is 43.0. The van der Waals surface area contributed by atoms with Crippen molar-refractivity contribution in [3.05, 3.63) is 12.2 Å². The molecule has 0 N–H and O–H groups in total. The van der Waals surface area contributed by atoms with E-state index in [-0.39, 0.29) is 31.1 Å². The Balaban J connectivity index is 4.30. The van der Waals surface area contributed by atoms with E-state index < -0.39 is 6.10 Å². The molecule has 6 heteroatoms. The molecular formula is C53H100O6. The number of rotatable bonds is 48. The van der Waals surface area contributed by atoms with Gasteiger partial charge in [0.05, 0.1) is 0 Å². The smallest absolute Gasteiger partial charge is 0.306 e. The van der Waals surface area contributed by atoms with Crippen molar-refractivity contribution in [3.8, 4) is 0 Å². The molecule has 1 atom stereocenters. The Morgan fingerprint density at radius 1 is 0.322 bits per heavy atom. The predicted molar refractivity (Wildman–Crippen MR) is 252 cm³/mol. The van der Waals surface area contributed by atoms with Crippen LogP contribution in [0.2, 0.25) is 0 Å². The van der Waals surface area contributed by atoms with Gasteiger partial charge < -0.3 is 14.2 Å². The minimum atomic E-state index is -0.764. The molecule has 0 radical (unpaired) electrons. The number of hydrogen-bond acceptors (Lipinski definition) is 6. The standard InChI is InChI=1S/C53H100O6/c1-4-7-10-13-16-19-22-24-25-26-27-29-31-34-37-40-43-46-52(55)58-49-50(48-57-51(54)45-42-39-36-33-30-21-18-15-12-9-6-3)59-53(56)47-44-41-38-35-32-28-23-20-17-14-11-8-5-2/h24-25,50H,4-23,26-49H2,1-3H3/b25-24-. The SMILES string of the molecule is CCCCCCCC/C=C\CCCCCCCCCC(=O)OCC(COC(=O)CCCCCCCCCCCCC)OC(=O)CCCCCCCCCCCCCCC. The van der Waals surface area contributed by atoms with Crippen LogP contribution in [0.25, 0.3) is 0 Å². The van der Waals surface area contributed by atoms with Crippen LogP contribution in [0.3, 0.4) is 0 Å². The summed E-state index contributed by atoms with van der Waals surface area (Å²) in [6.45, 7) is 6.66. The molecule has 1 unspecified atom stereocenters. The van der Waals surface area contributed by atoms with Gasteiger partial charge in [0.25, 0.3) is 0 Å². The summed E-state index contributed by atoms with van der Waals surface area (Å²) in [5, 5.41) is 0. The van der Waals surface area contributed by atoms with E-state index in [0.717, 1.165) is 57.8 Å². The van der Waals surface area contributed by atoms with Crippen molar-refractivity contribution in [2.24, 2.45) is 0 Å². The van der Waals surface area contributed by atoms with E-state index in [0.29, 0.717) is 19.3 Å². The molecule has 0 aromatic heterocycles. The van der Waals surface area contributed by atoms with Crippen molar-refractivity contribution in [2.75, 3.05) is 13.2 Å². The minimum absolute atomic E-state index is 0.0661. The van der Waals surface area contributed by atoms with Crippen LogP contribution in [0.5, 0.6) is 0 Å². The molecule has 0 aliphatic heterocycles. The molecule has 0 aromatic rings. The second-order valence-corrected chi connectivity index (χ2v) is 17.8. The highest BCUT2D eigenvalue weighted by atomic mass is 16.6. The first-order valence-corrected chi connectivity index (χ1v) is 26.2. The highest BCUT2D eigenvalue weighted by Crippen LogP contribution is 2.16. The Labute approximate surface area is 367 Å². The van der Waals surface area contributed by atoms with Gasteiger partial charge in [0, 0.05) is 19.3 Å². The van der Waals surface area contributed by atoms with Crippen molar-refractivity contribution in [2.45, 2.75) is 297 Å². The zero-order valence-electron chi connectivity index (χ0n) is 39.8. The van der Waals surface area contributed by atoms with Crippen LogP contribution in [0.1, 0.15) is 290 Å². The molecule has 59 heavy (non-hydrogen) atoms. The number of esters is 3. The molecule has 0 saturated heterocycles. The van der Waals surface area contributed by atoms with E-state index in [4.69, 9.17) is 14.2 Å². The molecule has 0 saturated carbocycles. The van der Waals surface area contributed by atoms with Gasteiger partial charge in [0.2, 0.25) is 0 Å². The third kappa shape index (κ3) is 47.1. The highest BCUT2D eigenvalue weighted by Gasteiger charge is 2.19. The van der Waals surface area contributed by atoms with Gasteiger partial charge in [-0.2, -0.15) is 0 Å². The van der Waals surface area contributed by atoms with E-state index in [2.05, 4.69) is 32.9 Å². The van der Waals surface area contributed by atoms with Gasteiger partial charge in [-0.05, 0) is 44.9 Å². The fraction of sp³-hybridized carbons (Fsp3) is 0.906. The zero-order valence-corrected chi connectivity index (χ0v) is 39.8.